The van der Waals surface area contributed by atoms with Crippen LogP contribution in [0, 0.1) is 0 Å². The van der Waals surface area contributed by atoms with E-state index < -0.39 is 0 Å². The minimum atomic E-state index is 1.24. The van der Waals surface area contributed by atoms with Gasteiger partial charge in [-0.3, -0.25) is 0 Å². The van der Waals surface area contributed by atoms with E-state index in [2.05, 4.69) is 41.4 Å². The van der Waals surface area contributed by atoms with Gasteiger partial charge in [0, 0.05) is 21.8 Å². The van der Waals surface area contributed by atoms with Gasteiger partial charge in [0.05, 0.1) is 0 Å². The number of aromatic amines is 1. The summed E-state index contributed by atoms with van der Waals surface area (Å²) >= 11 is 0. The molecule has 1 heterocycles. The molecule has 0 aliphatic rings. The fraction of sp³-hybridized carbons (Fsp3) is 0. The van der Waals surface area contributed by atoms with Gasteiger partial charge in [0.1, 0.15) is 0 Å². The molecular weight excluding hydrogens is 134 g/mol. The van der Waals surface area contributed by atoms with Crippen LogP contribution in [0.4, 0.5) is 0 Å². The number of benzene rings is 2. The molecule has 1 nitrogen and oxygen atoms in total. The molecule has 0 aliphatic heterocycles. The fourth-order valence-electron chi connectivity index (χ4n) is 1.67. The second kappa shape index (κ2) is 1.56. The van der Waals surface area contributed by atoms with Crippen molar-refractivity contribution in [3.05, 3.63) is 36.4 Å². The third kappa shape index (κ3) is 0.511. The molecule has 3 rings (SSSR count). The molecule has 0 spiro atoms. The summed E-state index contributed by atoms with van der Waals surface area (Å²) in [6.07, 6.45) is 0. The molecule has 4 bridgehead atoms. The van der Waals surface area contributed by atoms with Crippen molar-refractivity contribution in [3.63, 3.8) is 0 Å². The van der Waals surface area contributed by atoms with Crippen molar-refractivity contribution >= 4 is 21.8 Å². The van der Waals surface area contributed by atoms with Crippen molar-refractivity contribution < 1.29 is 0 Å². The van der Waals surface area contributed by atoms with E-state index in [0.29, 0.717) is 0 Å². The molecule has 3 aromatic rings. The molecule has 52 valence electrons. The van der Waals surface area contributed by atoms with Gasteiger partial charge < -0.3 is 4.98 Å². The van der Waals surface area contributed by atoms with Crippen LogP contribution in [-0.4, -0.2) is 4.98 Å². The Morgan fingerprint density at radius 1 is 0.727 bits per heavy atom. The highest BCUT2D eigenvalue weighted by atomic mass is 14.7. The Morgan fingerprint density at radius 3 is 1.82 bits per heavy atom. The summed E-state index contributed by atoms with van der Waals surface area (Å²) in [5.74, 6) is 0. The van der Waals surface area contributed by atoms with Crippen LogP contribution in [0.5, 0.6) is 0 Å². The van der Waals surface area contributed by atoms with Gasteiger partial charge in [0.15, 0.2) is 0 Å². The Morgan fingerprint density at radius 2 is 1.27 bits per heavy atom. The molecule has 0 atom stereocenters. The minimum absolute atomic E-state index is 1.24. The van der Waals surface area contributed by atoms with Crippen LogP contribution in [0.15, 0.2) is 36.4 Å². The molecule has 0 unspecified atom stereocenters. The molecule has 0 saturated carbocycles. The summed E-state index contributed by atoms with van der Waals surface area (Å²) in [5, 5.41) is 2.68. The topological polar surface area (TPSA) is 15.8 Å². The average Bonchev–Trinajstić information content (AvgIpc) is 2.31. The quantitative estimate of drug-likeness (QED) is 0.495. The summed E-state index contributed by atoms with van der Waals surface area (Å²) in [7, 11) is 0. The van der Waals surface area contributed by atoms with E-state index in [0.717, 1.165) is 0 Å². The number of H-pyrrole nitrogens is 1. The van der Waals surface area contributed by atoms with Gasteiger partial charge in [-0.2, -0.15) is 0 Å². The molecule has 1 N–H and O–H groups in total. The standard InChI is InChI=1S/C10H7N/c1-3-7-8-4-2-6-10(7)11-9(8)5-1/h1-6,11H. The van der Waals surface area contributed by atoms with Crippen molar-refractivity contribution in [1.29, 1.82) is 0 Å². The molecule has 2 aromatic carbocycles. The van der Waals surface area contributed by atoms with Crippen LogP contribution in [0.3, 0.4) is 0 Å². The van der Waals surface area contributed by atoms with Crippen LogP contribution < -0.4 is 0 Å². The molecular formula is C10H7N. The zero-order valence-corrected chi connectivity index (χ0v) is 5.96. The predicted octanol–water partition coefficient (Wildman–Crippen LogP) is 2.76. The van der Waals surface area contributed by atoms with Gasteiger partial charge in [-0.25, -0.2) is 0 Å². The van der Waals surface area contributed by atoms with Gasteiger partial charge in [-0.15, -0.1) is 0 Å². The largest absolute Gasteiger partial charge is 0.355 e. The second-order valence-corrected chi connectivity index (χ2v) is 2.83. The number of hydrogen-bond donors (Lipinski definition) is 1. The van der Waals surface area contributed by atoms with E-state index in [-0.39, 0.29) is 0 Å². The highest BCUT2D eigenvalue weighted by molar-refractivity contribution is 6.08. The maximum absolute atomic E-state index is 3.34. The van der Waals surface area contributed by atoms with Gasteiger partial charge in [-0.05, 0) is 12.1 Å². The van der Waals surface area contributed by atoms with Crippen LogP contribution >= 0.6 is 0 Å². The lowest BCUT2D eigenvalue weighted by molar-refractivity contribution is 1.57. The first-order chi connectivity index (χ1) is 5.45. The molecule has 0 radical (unpaired) electrons. The Labute approximate surface area is 64.0 Å². The lowest BCUT2D eigenvalue weighted by atomic mass is 10.1. The van der Waals surface area contributed by atoms with Crippen LogP contribution in [0.25, 0.3) is 21.8 Å². The van der Waals surface area contributed by atoms with Gasteiger partial charge in [-0.1, -0.05) is 24.3 Å². The molecule has 1 aromatic heterocycles. The van der Waals surface area contributed by atoms with Crippen LogP contribution in [0.1, 0.15) is 0 Å². The summed E-state index contributed by atoms with van der Waals surface area (Å²) < 4.78 is 0. The Hall–Kier alpha value is -1.50. The maximum Gasteiger partial charge on any atom is 0.0464 e. The van der Waals surface area contributed by atoms with E-state index in [9.17, 15) is 0 Å². The number of aromatic nitrogens is 1. The molecule has 1 heteroatoms. The Bertz CT molecular complexity index is 448. The van der Waals surface area contributed by atoms with Crippen molar-refractivity contribution in [3.8, 4) is 0 Å². The van der Waals surface area contributed by atoms with Crippen LogP contribution in [-0.2, 0) is 0 Å². The lowest BCUT2D eigenvalue weighted by Gasteiger charge is -1.89. The first-order valence-electron chi connectivity index (χ1n) is 3.74. The first kappa shape index (κ1) is 5.19. The normalized spacial score (nSPS) is 11.6. The monoisotopic (exact) mass is 141 g/mol. The zero-order chi connectivity index (χ0) is 7.26. The van der Waals surface area contributed by atoms with Crippen molar-refractivity contribution in [2.45, 2.75) is 0 Å². The van der Waals surface area contributed by atoms with E-state index in [1.165, 1.54) is 21.8 Å². The van der Waals surface area contributed by atoms with Crippen LogP contribution in [0.2, 0.25) is 0 Å². The maximum atomic E-state index is 3.34. The fourth-order valence-corrected chi connectivity index (χ4v) is 1.67. The molecule has 0 saturated heterocycles. The Balaban J connectivity index is 2.86. The van der Waals surface area contributed by atoms with Gasteiger partial charge in [0.25, 0.3) is 0 Å². The number of rotatable bonds is 0. The summed E-state index contributed by atoms with van der Waals surface area (Å²) in [6.45, 7) is 0. The summed E-state index contributed by atoms with van der Waals surface area (Å²) in [6, 6.07) is 12.7. The first-order valence-corrected chi connectivity index (χ1v) is 3.74. The SMILES string of the molecule is c1cc2[nH]c3cccc2c3c1. The summed E-state index contributed by atoms with van der Waals surface area (Å²) in [5.41, 5.74) is 2.48. The van der Waals surface area contributed by atoms with E-state index in [4.69, 9.17) is 0 Å². The molecule has 0 aliphatic carbocycles. The second-order valence-electron chi connectivity index (χ2n) is 2.83. The lowest BCUT2D eigenvalue weighted by Crippen LogP contribution is -1.64. The summed E-state index contributed by atoms with van der Waals surface area (Å²) in [4.78, 5) is 3.34. The van der Waals surface area contributed by atoms with E-state index >= 15 is 0 Å². The van der Waals surface area contributed by atoms with Gasteiger partial charge in [0.2, 0.25) is 0 Å². The smallest absolute Gasteiger partial charge is 0.0464 e. The average molecular weight is 141 g/mol. The number of hydrogen-bond acceptors (Lipinski definition) is 0. The van der Waals surface area contributed by atoms with Crippen molar-refractivity contribution in [1.82, 2.24) is 4.98 Å². The zero-order valence-electron chi connectivity index (χ0n) is 5.96. The highest BCUT2D eigenvalue weighted by Gasteiger charge is 2.02. The third-order valence-electron chi connectivity index (χ3n) is 2.19. The molecule has 11 heavy (non-hydrogen) atoms. The van der Waals surface area contributed by atoms with Crippen molar-refractivity contribution in [2.24, 2.45) is 0 Å². The number of nitrogens with one attached hydrogen (secondary N) is 1. The van der Waals surface area contributed by atoms with E-state index in [1.807, 2.05) is 0 Å². The third-order valence-corrected chi connectivity index (χ3v) is 2.19. The Kier molecular flexibility index (Phi) is 0.737. The van der Waals surface area contributed by atoms with E-state index in [1.54, 1.807) is 0 Å². The molecule has 0 amide bonds. The van der Waals surface area contributed by atoms with Crippen molar-refractivity contribution in [2.75, 3.05) is 0 Å². The molecule has 0 fully saturated rings. The highest BCUT2D eigenvalue weighted by Crippen LogP contribution is 2.26. The van der Waals surface area contributed by atoms with Gasteiger partial charge >= 0.3 is 0 Å². The minimum Gasteiger partial charge on any atom is -0.355 e. The predicted molar refractivity (Wildman–Crippen MR) is 47.0 cm³/mol.